The minimum Gasteiger partial charge on any atom is -0.457 e. The zero-order valence-corrected chi connectivity index (χ0v) is 16.3. The van der Waals surface area contributed by atoms with Gasteiger partial charge in [0.1, 0.15) is 15.8 Å². The van der Waals surface area contributed by atoms with Gasteiger partial charge < -0.3 is 9.15 Å². The molecule has 1 fully saturated rings. The second-order valence-electron chi connectivity index (χ2n) is 5.15. The predicted octanol–water partition coefficient (Wildman–Crippen LogP) is 5.10. The molecule has 0 radical (unpaired) electrons. The lowest BCUT2D eigenvalue weighted by Crippen LogP contribution is -2.31. The van der Waals surface area contributed by atoms with Crippen molar-refractivity contribution in [2.75, 3.05) is 20.3 Å². The summed E-state index contributed by atoms with van der Waals surface area (Å²) in [5.74, 6) is 1.01. The predicted molar refractivity (Wildman–Crippen MR) is 106 cm³/mol. The monoisotopic (exact) mass is 413 g/mol. The quantitative estimate of drug-likeness (QED) is 0.503. The number of amides is 1. The molecule has 2 heterocycles. The second-order valence-corrected chi connectivity index (χ2v) is 7.67. The molecule has 1 aromatic carbocycles. The third-order valence-electron chi connectivity index (χ3n) is 3.49. The number of methoxy groups -OCH3 is 1. The summed E-state index contributed by atoms with van der Waals surface area (Å²) in [5.41, 5.74) is 0.735. The van der Waals surface area contributed by atoms with E-state index in [1.807, 2.05) is 0 Å². The molecule has 8 heteroatoms. The first kappa shape index (κ1) is 18.5. The Labute approximate surface area is 164 Å². The molecule has 0 atom stereocenters. The summed E-state index contributed by atoms with van der Waals surface area (Å²) in [5, 5.41) is 1.06. The van der Waals surface area contributed by atoms with Gasteiger partial charge in [0.25, 0.3) is 5.91 Å². The molecule has 1 aliphatic heterocycles. The van der Waals surface area contributed by atoms with Crippen molar-refractivity contribution in [3.63, 3.8) is 0 Å². The molecule has 1 aromatic heterocycles. The zero-order chi connectivity index (χ0) is 18.0. The third kappa shape index (κ3) is 4.10. The van der Waals surface area contributed by atoms with E-state index in [9.17, 15) is 4.79 Å². The summed E-state index contributed by atoms with van der Waals surface area (Å²) >= 11 is 18.6. The Hall–Kier alpha value is -1.31. The van der Waals surface area contributed by atoms with Gasteiger partial charge in [0, 0.05) is 23.8 Å². The average Bonchev–Trinajstić information content (AvgIpc) is 3.12. The SMILES string of the molecule is COCCN1C(=O)C(=Cc2ccc(-c3ccc(Cl)cc3Cl)o2)SC1=S. The van der Waals surface area contributed by atoms with Crippen molar-refractivity contribution >= 4 is 63.5 Å². The van der Waals surface area contributed by atoms with Crippen LogP contribution in [-0.4, -0.2) is 35.4 Å². The van der Waals surface area contributed by atoms with E-state index < -0.39 is 0 Å². The number of halogens is 2. The molecule has 1 amide bonds. The van der Waals surface area contributed by atoms with Gasteiger partial charge in [0.05, 0.1) is 23.1 Å². The molecular weight excluding hydrogens is 401 g/mol. The van der Waals surface area contributed by atoms with Crippen LogP contribution < -0.4 is 0 Å². The Balaban J connectivity index is 1.82. The van der Waals surface area contributed by atoms with Crippen molar-refractivity contribution in [2.24, 2.45) is 0 Å². The van der Waals surface area contributed by atoms with Crippen LogP contribution in [0.25, 0.3) is 17.4 Å². The minimum absolute atomic E-state index is 0.144. The van der Waals surface area contributed by atoms with E-state index in [2.05, 4.69) is 0 Å². The lowest BCUT2D eigenvalue weighted by Gasteiger charge is -2.12. The fourth-order valence-electron chi connectivity index (χ4n) is 2.27. The summed E-state index contributed by atoms with van der Waals surface area (Å²) in [7, 11) is 1.58. The summed E-state index contributed by atoms with van der Waals surface area (Å²) < 4.78 is 11.3. The van der Waals surface area contributed by atoms with Crippen LogP contribution in [0, 0.1) is 0 Å². The van der Waals surface area contributed by atoms with Crippen LogP contribution in [0.5, 0.6) is 0 Å². The molecule has 0 bridgehead atoms. The lowest BCUT2D eigenvalue weighted by molar-refractivity contribution is -0.122. The normalized spacial score (nSPS) is 16.3. The first-order chi connectivity index (χ1) is 12.0. The lowest BCUT2D eigenvalue weighted by atomic mass is 10.2. The van der Waals surface area contributed by atoms with E-state index in [0.717, 1.165) is 5.56 Å². The van der Waals surface area contributed by atoms with Gasteiger partial charge in [-0.25, -0.2) is 0 Å². The molecule has 130 valence electrons. The van der Waals surface area contributed by atoms with Gasteiger partial charge in [-0.1, -0.05) is 47.2 Å². The Kier molecular flexibility index (Phi) is 5.86. The topological polar surface area (TPSA) is 42.7 Å². The molecule has 0 unspecified atom stereocenters. The minimum atomic E-state index is -0.144. The highest BCUT2D eigenvalue weighted by atomic mass is 35.5. The van der Waals surface area contributed by atoms with Crippen molar-refractivity contribution in [3.8, 4) is 11.3 Å². The number of ether oxygens (including phenoxy) is 1. The highest BCUT2D eigenvalue weighted by Gasteiger charge is 2.31. The van der Waals surface area contributed by atoms with E-state index in [1.54, 1.807) is 43.5 Å². The smallest absolute Gasteiger partial charge is 0.266 e. The molecule has 25 heavy (non-hydrogen) atoms. The maximum absolute atomic E-state index is 12.4. The largest absolute Gasteiger partial charge is 0.457 e. The third-order valence-corrected chi connectivity index (χ3v) is 5.41. The summed E-state index contributed by atoms with van der Waals surface area (Å²) in [6, 6.07) is 8.76. The van der Waals surface area contributed by atoms with Crippen molar-refractivity contribution in [1.29, 1.82) is 0 Å². The summed E-state index contributed by atoms with van der Waals surface area (Å²) in [6.07, 6.45) is 1.68. The van der Waals surface area contributed by atoms with Gasteiger partial charge >= 0.3 is 0 Å². The first-order valence-electron chi connectivity index (χ1n) is 7.29. The molecule has 2 aromatic rings. The number of rotatable bonds is 5. The first-order valence-corrected chi connectivity index (χ1v) is 9.27. The number of carbonyl (C=O) groups excluding carboxylic acids is 1. The second kappa shape index (κ2) is 7.93. The Morgan fingerprint density at radius 2 is 2.12 bits per heavy atom. The van der Waals surface area contributed by atoms with Crippen LogP contribution in [0.3, 0.4) is 0 Å². The van der Waals surface area contributed by atoms with Gasteiger partial charge in [-0.3, -0.25) is 9.69 Å². The van der Waals surface area contributed by atoms with Crippen LogP contribution >= 0.6 is 47.2 Å². The van der Waals surface area contributed by atoms with E-state index in [-0.39, 0.29) is 5.91 Å². The average molecular weight is 414 g/mol. The van der Waals surface area contributed by atoms with Gasteiger partial charge in [-0.05, 0) is 30.3 Å². The highest BCUT2D eigenvalue weighted by molar-refractivity contribution is 8.26. The molecule has 0 spiro atoms. The van der Waals surface area contributed by atoms with Crippen LogP contribution in [0.1, 0.15) is 5.76 Å². The van der Waals surface area contributed by atoms with Gasteiger partial charge in [-0.15, -0.1) is 0 Å². The number of hydrogen-bond donors (Lipinski definition) is 0. The number of thiocarbonyl (C=S) groups is 1. The number of thioether (sulfide) groups is 1. The van der Waals surface area contributed by atoms with E-state index in [0.29, 0.717) is 43.9 Å². The van der Waals surface area contributed by atoms with Gasteiger partial charge in [0.2, 0.25) is 0 Å². The van der Waals surface area contributed by atoms with Crippen molar-refractivity contribution in [2.45, 2.75) is 0 Å². The van der Waals surface area contributed by atoms with Crippen LogP contribution in [0.2, 0.25) is 10.0 Å². The molecule has 1 aliphatic rings. The van der Waals surface area contributed by atoms with E-state index in [1.165, 1.54) is 16.7 Å². The standard InChI is InChI=1S/C17H13Cl2NO3S2/c1-22-7-6-20-16(21)15(25-17(20)24)9-11-3-5-14(23-11)12-4-2-10(18)8-13(12)19/h2-5,8-9H,6-7H2,1H3. The molecule has 3 rings (SSSR count). The van der Waals surface area contributed by atoms with Crippen LogP contribution in [0.15, 0.2) is 39.7 Å². The Bertz CT molecular complexity index is 863. The fraction of sp³-hybridized carbons (Fsp3) is 0.176. The van der Waals surface area contributed by atoms with Crippen LogP contribution in [-0.2, 0) is 9.53 Å². The molecule has 1 saturated heterocycles. The molecule has 0 N–H and O–H groups in total. The number of nitrogens with zero attached hydrogens (tertiary/aromatic N) is 1. The van der Waals surface area contributed by atoms with Gasteiger partial charge in [0.15, 0.2) is 0 Å². The molecular formula is C17H13Cl2NO3S2. The summed E-state index contributed by atoms with van der Waals surface area (Å²) in [6.45, 7) is 0.863. The number of hydrogen-bond acceptors (Lipinski definition) is 5. The fourth-order valence-corrected chi connectivity index (χ4v) is 4.06. The number of carbonyl (C=O) groups is 1. The maximum Gasteiger partial charge on any atom is 0.266 e. The summed E-state index contributed by atoms with van der Waals surface area (Å²) in [4.78, 5) is 14.5. The van der Waals surface area contributed by atoms with Crippen molar-refractivity contribution in [1.82, 2.24) is 4.90 Å². The van der Waals surface area contributed by atoms with Crippen LogP contribution in [0.4, 0.5) is 0 Å². The van der Waals surface area contributed by atoms with Crippen molar-refractivity contribution in [3.05, 3.63) is 51.0 Å². The zero-order valence-electron chi connectivity index (χ0n) is 13.1. The molecule has 4 nitrogen and oxygen atoms in total. The number of benzene rings is 1. The van der Waals surface area contributed by atoms with Gasteiger partial charge in [-0.2, -0.15) is 0 Å². The Morgan fingerprint density at radius 3 is 2.84 bits per heavy atom. The highest BCUT2D eigenvalue weighted by Crippen LogP contribution is 2.35. The maximum atomic E-state index is 12.4. The molecule has 0 saturated carbocycles. The number of furan rings is 1. The van der Waals surface area contributed by atoms with Crippen molar-refractivity contribution < 1.29 is 13.9 Å². The van der Waals surface area contributed by atoms with E-state index in [4.69, 9.17) is 44.6 Å². The Morgan fingerprint density at radius 1 is 1.32 bits per heavy atom. The molecule has 0 aliphatic carbocycles. The van der Waals surface area contributed by atoms with E-state index >= 15 is 0 Å².